The van der Waals surface area contributed by atoms with E-state index >= 15 is 0 Å². The van der Waals surface area contributed by atoms with E-state index in [1.165, 1.54) is 12.3 Å². The van der Waals surface area contributed by atoms with Crippen molar-refractivity contribution in [1.29, 1.82) is 0 Å². The summed E-state index contributed by atoms with van der Waals surface area (Å²) in [6.07, 6.45) is -0.434. The zero-order chi connectivity index (χ0) is 12.6. The second kappa shape index (κ2) is 4.44. The average Bonchev–Trinajstić information content (AvgIpc) is 2.57. The molecule has 0 saturated carbocycles. The van der Waals surface area contributed by atoms with Crippen molar-refractivity contribution in [3.05, 3.63) is 33.1 Å². The van der Waals surface area contributed by atoms with Gasteiger partial charge in [-0.05, 0) is 6.42 Å². The van der Waals surface area contributed by atoms with Crippen LogP contribution in [0.25, 0.3) is 0 Å². The number of alkyl halides is 1. The van der Waals surface area contributed by atoms with E-state index in [9.17, 15) is 14.0 Å². The summed E-state index contributed by atoms with van der Waals surface area (Å²) in [6, 6.07) is 1.18. The van der Waals surface area contributed by atoms with Crippen LogP contribution < -0.4 is 11.2 Å². The number of ether oxygens (including phenoxy) is 1. The first-order valence-corrected chi connectivity index (χ1v) is 5.65. The number of aromatic nitrogens is 2. The number of hydrogen-bond donors (Lipinski definition) is 1. The van der Waals surface area contributed by atoms with Gasteiger partial charge in [-0.3, -0.25) is 14.3 Å². The van der Waals surface area contributed by atoms with E-state index < -0.39 is 23.6 Å². The zero-order valence-electron chi connectivity index (χ0n) is 9.72. The molecule has 4 atom stereocenters. The summed E-state index contributed by atoms with van der Waals surface area (Å²) in [7, 11) is 0. The molecule has 1 aromatic rings. The summed E-state index contributed by atoms with van der Waals surface area (Å²) in [5.41, 5.74) is -1.14. The molecule has 1 fully saturated rings. The molecule has 1 aliphatic heterocycles. The summed E-state index contributed by atoms with van der Waals surface area (Å²) in [6.45, 7) is 3.67. The maximum absolute atomic E-state index is 14.0. The van der Waals surface area contributed by atoms with Crippen molar-refractivity contribution in [2.24, 2.45) is 5.92 Å². The van der Waals surface area contributed by atoms with Crippen LogP contribution in [-0.4, -0.2) is 21.8 Å². The Kier molecular flexibility index (Phi) is 3.15. The third-order valence-corrected chi connectivity index (χ3v) is 3.20. The second-order valence-electron chi connectivity index (χ2n) is 4.29. The van der Waals surface area contributed by atoms with E-state index in [0.717, 1.165) is 4.57 Å². The molecular weight excluding hydrogens is 227 g/mol. The summed E-state index contributed by atoms with van der Waals surface area (Å²) in [5, 5.41) is 0. The topological polar surface area (TPSA) is 64.1 Å². The minimum Gasteiger partial charge on any atom is -0.351 e. The zero-order valence-corrected chi connectivity index (χ0v) is 9.72. The standard InChI is InChI=1S/C11H15FN2O3/c1-3-7-6(2)9(12)10(17-7)14-5-4-8(15)13-11(14)16/h4-7,9-10H,3H2,1-2H3,(H,13,15,16). The first kappa shape index (κ1) is 12.0. The lowest BCUT2D eigenvalue weighted by Crippen LogP contribution is -2.34. The van der Waals surface area contributed by atoms with Crippen molar-refractivity contribution in [3.63, 3.8) is 0 Å². The van der Waals surface area contributed by atoms with Crippen LogP contribution in [0.3, 0.4) is 0 Å². The molecule has 94 valence electrons. The fourth-order valence-corrected chi connectivity index (χ4v) is 2.16. The Labute approximate surface area is 97.2 Å². The molecule has 5 nitrogen and oxygen atoms in total. The van der Waals surface area contributed by atoms with E-state index in [1.54, 1.807) is 6.92 Å². The van der Waals surface area contributed by atoms with Gasteiger partial charge in [-0.1, -0.05) is 13.8 Å². The molecule has 1 saturated heterocycles. The third kappa shape index (κ3) is 2.04. The van der Waals surface area contributed by atoms with Gasteiger partial charge in [0.15, 0.2) is 12.4 Å². The van der Waals surface area contributed by atoms with Crippen molar-refractivity contribution in [2.75, 3.05) is 0 Å². The van der Waals surface area contributed by atoms with Gasteiger partial charge in [0.25, 0.3) is 5.56 Å². The molecule has 0 aromatic carbocycles. The van der Waals surface area contributed by atoms with Crippen molar-refractivity contribution in [1.82, 2.24) is 9.55 Å². The number of nitrogens with one attached hydrogen (secondary N) is 1. The van der Waals surface area contributed by atoms with Gasteiger partial charge in [-0.2, -0.15) is 0 Å². The van der Waals surface area contributed by atoms with Crippen LogP contribution >= 0.6 is 0 Å². The van der Waals surface area contributed by atoms with Gasteiger partial charge >= 0.3 is 5.69 Å². The summed E-state index contributed by atoms with van der Waals surface area (Å²) < 4.78 is 20.6. The molecular formula is C11H15FN2O3. The molecule has 4 unspecified atom stereocenters. The lowest BCUT2D eigenvalue weighted by Gasteiger charge is -2.15. The van der Waals surface area contributed by atoms with Crippen LogP contribution in [0, 0.1) is 5.92 Å². The van der Waals surface area contributed by atoms with Crippen molar-refractivity contribution in [2.45, 2.75) is 38.8 Å². The highest BCUT2D eigenvalue weighted by Crippen LogP contribution is 2.36. The summed E-state index contributed by atoms with van der Waals surface area (Å²) in [5.74, 6) is -0.260. The minimum atomic E-state index is -1.25. The Morgan fingerprint density at radius 3 is 2.76 bits per heavy atom. The number of hydrogen-bond acceptors (Lipinski definition) is 3. The SMILES string of the molecule is CCC1OC(n2ccc(=O)[nH]c2=O)C(F)C1C. The van der Waals surface area contributed by atoms with Crippen LogP contribution in [0.4, 0.5) is 4.39 Å². The van der Waals surface area contributed by atoms with Gasteiger partial charge in [-0.15, -0.1) is 0 Å². The molecule has 0 spiro atoms. The van der Waals surface area contributed by atoms with Gasteiger partial charge in [-0.25, -0.2) is 9.18 Å². The van der Waals surface area contributed by atoms with E-state index in [-0.39, 0.29) is 12.0 Å². The number of halogens is 1. The molecule has 17 heavy (non-hydrogen) atoms. The third-order valence-electron chi connectivity index (χ3n) is 3.20. The molecule has 1 aliphatic rings. The lowest BCUT2D eigenvalue weighted by molar-refractivity contribution is -0.0236. The summed E-state index contributed by atoms with van der Waals surface area (Å²) >= 11 is 0. The molecule has 0 aliphatic carbocycles. The minimum absolute atomic E-state index is 0.200. The number of aromatic amines is 1. The predicted octanol–water partition coefficient (Wildman–Crippen LogP) is 0.818. The molecule has 2 rings (SSSR count). The molecule has 1 aromatic heterocycles. The smallest absolute Gasteiger partial charge is 0.330 e. The van der Waals surface area contributed by atoms with E-state index in [0.29, 0.717) is 6.42 Å². The van der Waals surface area contributed by atoms with Gasteiger partial charge in [0.2, 0.25) is 0 Å². The Bertz CT molecular complexity index is 510. The highest BCUT2D eigenvalue weighted by atomic mass is 19.1. The molecule has 0 amide bonds. The predicted molar refractivity (Wildman–Crippen MR) is 59.6 cm³/mol. The van der Waals surface area contributed by atoms with Gasteiger partial charge < -0.3 is 4.74 Å². The maximum atomic E-state index is 14.0. The summed E-state index contributed by atoms with van der Waals surface area (Å²) in [4.78, 5) is 24.5. The van der Waals surface area contributed by atoms with Gasteiger partial charge in [0.05, 0.1) is 6.10 Å². The van der Waals surface area contributed by atoms with Gasteiger partial charge in [0.1, 0.15) is 0 Å². The van der Waals surface area contributed by atoms with Crippen LogP contribution in [-0.2, 0) is 4.74 Å². The monoisotopic (exact) mass is 242 g/mol. The average molecular weight is 242 g/mol. The fourth-order valence-electron chi connectivity index (χ4n) is 2.16. The van der Waals surface area contributed by atoms with Crippen molar-refractivity contribution < 1.29 is 9.13 Å². The van der Waals surface area contributed by atoms with E-state index in [4.69, 9.17) is 4.74 Å². The first-order chi connectivity index (χ1) is 8.04. The largest absolute Gasteiger partial charge is 0.351 e. The Balaban J connectivity index is 2.35. The van der Waals surface area contributed by atoms with Crippen LogP contribution in [0.5, 0.6) is 0 Å². The Morgan fingerprint density at radius 1 is 1.53 bits per heavy atom. The Hall–Kier alpha value is -1.43. The number of nitrogens with zero attached hydrogens (tertiary/aromatic N) is 1. The molecule has 0 bridgehead atoms. The second-order valence-corrected chi connectivity index (χ2v) is 4.29. The normalized spacial score (nSPS) is 32.9. The highest BCUT2D eigenvalue weighted by Gasteiger charge is 2.42. The lowest BCUT2D eigenvalue weighted by atomic mass is 10.00. The van der Waals surface area contributed by atoms with E-state index in [1.807, 2.05) is 6.92 Å². The number of H-pyrrole nitrogens is 1. The maximum Gasteiger partial charge on any atom is 0.330 e. The van der Waals surface area contributed by atoms with E-state index in [2.05, 4.69) is 4.98 Å². The number of rotatable bonds is 2. The Morgan fingerprint density at radius 2 is 2.24 bits per heavy atom. The highest BCUT2D eigenvalue weighted by molar-refractivity contribution is 4.91. The van der Waals surface area contributed by atoms with Crippen molar-refractivity contribution in [3.8, 4) is 0 Å². The van der Waals surface area contributed by atoms with Crippen LogP contribution in [0.15, 0.2) is 21.9 Å². The van der Waals surface area contributed by atoms with Crippen molar-refractivity contribution >= 4 is 0 Å². The molecule has 2 heterocycles. The van der Waals surface area contributed by atoms with Crippen LogP contribution in [0.2, 0.25) is 0 Å². The quantitative estimate of drug-likeness (QED) is 0.835. The molecule has 1 N–H and O–H groups in total. The van der Waals surface area contributed by atoms with Gasteiger partial charge in [0, 0.05) is 18.2 Å². The molecule has 0 radical (unpaired) electrons. The fraction of sp³-hybridized carbons (Fsp3) is 0.636. The molecule has 6 heteroatoms. The van der Waals surface area contributed by atoms with Crippen LogP contribution in [0.1, 0.15) is 26.5 Å². The first-order valence-electron chi connectivity index (χ1n) is 5.65.